The number of pyridine rings is 2. The molecule has 0 aliphatic carbocycles. The highest BCUT2D eigenvalue weighted by molar-refractivity contribution is 5.79. The second-order valence-electron chi connectivity index (χ2n) is 8.13. The van der Waals surface area contributed by atoms with E-state index in [0.29, 0.717) is 22.5 Å². The smallest absolute Gasteiger partial charge is 0.416 e. The molecule has 0 radical (unpaired) electrons. The number of rotatable bonds is 5. The molecule has 0 spiro atoms. The molecule has 0 saturated heterocycles. The Bertz CT molecular complexity index is 1070. The number of fused-ring (bicyclic) bond motifs is 2. The lowest BCUT2D eigenvalue weighted by molar-refractivity contribution is -0.138. The van der Waals surface area contributed by atoms with Crippen molar-refractivity contribution in [2.45, 2.75) is 52.0 Å². The first-order chi connectivity index (χ1) is 15.2. The Balaban J connectivity index is 2.05. The quantitative estimate of drug-likeness (QED) is 0.392. The van der Waals surface area contributed by atoms with Gasteiger partial charge in [-0.15, -0.1) is 0 Å². The number of hydrogen-bond acceptors (Lipinski definition) is 5. The molecule has 32 heavy (non-hydrogen) atoms. The number of nitrogens with one attached hydrogen (secondary N) is 1. The number of alkyl halides is 3. The maximum absolute atomic E-state index is 14.1. The van der Waals surface area contributed by atoms with Crippen LogP contribution in [-0.2, 0) is 6.18 Å². The zero-order chi connectivity index (χ0) is 23.0. The Hall–Kier alpha value is -3.29. The number of ether oxygens (including phenoxy) is 2. The van der Waals surface area contributed by atoms with Crippen LogP contribution in [0, 0.1) is 0 Å². The molecule has 8 heteroatoms. The van der Waals surface area contributed by atoms with Gasteiger partial charge < -0.3 is 14.8 Å². The summed E-state index contributed by atoms with van der Waals surface area (Å²) in [5.74, 6) is -0.294. The third kappa shape index (κ3) is 4.09. The summed E-state index contributed by atoms with van der Waals surface area (Å²) in [6.45, 7) is 7.38. The monoisotopic (exact) mass is 443 g/mol. The summed E-state index contributed by atoms with van der Waals surface area (Å²) in [5.41, 5.74) is 1.67. The Kier molecular flexibility index (Phi) is 5.71. The zero-order valence-corrected chi connectivity index (χ0v) is 18.2. The second kappa shape index (κ2) is 8.33. The van der Waals surface area contributed by atoms with Gasteiger partial charge in [-0.05, 0) is 51.5 Å². The predicted octanol–water partition coefficient (Wildman–Crippen LogP) is 6.31. The summed E-state index contributed by atoms with van der Waals surface area (Å²) < 4.78 is 54.1. The van der Waals surface area contributed by atoms with Crippen LogP contribution in [-0.4, -0.2) is 22.2 Å². The first-order valence-electron chi connectivity index (χ1n) is 10.4. The minimum Gasteiger partial charge on any atom is -0.475 e. The Morgan fingerprint density at radius 2 is 1.31 bits per heavy atom. The topological polar surface area (TPSA) is 56.3 Å². The van der Waals surface area contributed by atoms with E-state index in [0.717, 1.165) is 6.07 Å². The maximum Gasteiger partial charge on any atom is 0.416 e. The van der Waals surface area contributed by atoms with Crippen molar-refractivity contribution >= 4 is 11.4 Å². The molecule has 1 N–H and O–H groups in total. The first kappa shape index (κ1) is 21.9. The molecule has 0 saturated carbocycles. The highest BCUT2D eigenvalue weighted by Crippen LogP contribution is 2.52. The van der Waals surface area contributed by atoms with Crippen molar-refractivity contribution in [2.24, 2.45) is 0 Å². The lowest BCUT2D eigenvalue weighted by Gasteiger charge is -2.33. The van der Waals surface area contributed by atoms with Gasteiger partial charge in [0.25, 0.3) is 0 Å². The van der Waals surface area contributed by atoms with Gasteiger partial charge in [0.1, 0.15) is 0 Å². The van der Waals surface area contributed by atoms with Crippen molar-refractivity contribution < 1.29 is 22.6 Å². The van der Waals surface area contributed by atoms with Gasteiger partial charge in [-0.3, -0.25) is 0 Å². The fraction of sp³-hybridized carbons (Fsp3) is 0.333. The van der Waals surface area contributed by atoms with Crippen LogP contribution < -0.4 is 14.8 Å². The van der Waals surface area contributed by atoms with Gasteiger partial charge in [0.2, 0.25) is 11.8 Å². The summed E-state index contributed by atoms with van der Waals surface area (Å²) in [5, 5.41) is 3.30. The molecule has 0 amide bonds. The van der Waals surface area contributed by atoms with Crippen LogP contribution >= 0.6 is 0 Å². The van der Waals surface area contributed by atoms with E-state index in [4.69, 9.17) is 9.47 Å². The molecule has 0 unspecified atom stereocenters. The van der Waals surface area contributed by atoms with E-state index in [1.165, 1.54) is 12.1 Å². The van der Waals surface area contributed by atoms with E-state index in [9.17, 15) is 13.2 Å². The van der Waals surface area contributed by atoms with E-state index in [1.807, 2.05) is 27.7 Å². The average molecular weight is 443 g/mol. The number of halogens is 3. The van der Waals surface area contributed by atoms with Crippen molar-refractivity contribution in [3.05, 3.63) is 71.0 Å². The fourth-order valence-electron chi connectivity index (χ4n) is 3.93. The van der Waals surface area contributed by atoms with Crippen LogP contribution in [0.1, 0.15) is 55.9 Å². The summed E-state index contributed by atoms with van der Waals surface area (Å²) in [7, 11) is 0. The largest absolute Gasteiger partial charge is 0.475 e. The maximum atomic E-state index is 14.1. The fourth-order valence-corrected chi connectivity index (χ4v) is 3.93. The molecule has 1 aromatic carbocycles. The van der Waals surface area contributed by atoms with Crippen LogP contribution in [0.3, 0.4) is 0 Å². The van der Waals surface area contributed by atoms with Crippen molar-refractivity contribution in [3.63, 3.8) is 0 Å². The molecule has 0 bridgehead atoms. The van der Waals surface area contributed by atoms with Crippen molar-refractivity contribution in [1.82, 2.24) is 9.97 Å². The Morgan fingerprint density at radius 3 is 1.78 bits per heavy atom. The number of hydrogen-bond donors (Lipinski definition) is 1. The number of benzene rings is 1. The summed E-state index contributed by atoms with van der Waals surface area (Å²) >= 11 is 0. The van der Waals surface area contributed by atoms with Gasteiger partial charge in [0.05, 0.1) is 17.8 Å². The molecule has 0 atom stereocenters. The molecule has 4 rings (SSSR count). The zero-order valence-electron chi connectivity index (χ0n) is 18.2. The van der Waals surface area contributed by atoms with Crippen LogP contribution in [0.25, 0.3) is 0 Å². The molecular weight excluding hydrogens is 419 g/mol. The lowest BCUT2D eigenvalue weighted by Crippen LogP contribution is -2.22. The minimum absolute atomic E-state index is 0.0900. The van der Waals surface area contributed by atoms with Gasteiger partial charge in [-0.1, -0.05) is 18.2 Å². The molecule has 0 fully saturated rings. The highest BCUT2D eigenvalue weighted by atomic mass is 19.4. The number of nitrogens with zero attached hydrogens (tertiary/aromatic N) is 2. The van der Waals surface area contributed by atoms with Crippen LogP contribution in [0.5, 0.6) is 11.8 Å². The van der Waals surface area contributed by atoms with Gasteiger partial charge in [-0.25, -0.2) is 9.97 Å². The molecule has 5 nitrogen and oxygen atoms in total. The van der Waals surface area contributed by atoms with Gasteiger partial charge in [-0.2, -0.15) is 13.2 Å². The first-order valence-corrected chi connectivity index (χ1v) is 10.4. The normalized spacial score (nSPS) is 13.5. The second-order valence-corrected chi connectivity index (χ2v) is 8.13. The van der Waals surface area contributed by atoms with Crippen LogP contribution in [0.4, 0.5) is 24.5 Å². The van der Waals surface area contributed by atoms with Crippen molar-refractivity contribution in [3.8, 4) is 11.8 Å². The molecule has 1 aliphatic rings. The predicted molar refractivity (Wildman–Crippen MR) is 116 cm³/mol. The Morgan fingerprint density at radius 1 is 0.812 bits per heavy atom. The van der Waals surface area contributed by atoms with E-state index in [1.54, 1.807) is 30.6 Å². The van der Waals surface area contributed by atoms with E-state index < -0.39 is 17.7 Å². The molecule has 3 aromatic rings. The summed E-state index contributed by atoms with van der Waals surface area (Å²) in [4.78, 5) is 8.72. The summed E-state index contributed by atoms with van der Waals surface area (Å²) in [6, 6.07) is 9.04. The molecular formula is C24H24F3N3O2. The third-order valence-corrected chi connectivity index (χ3v) is 5.03. The highest BCUT2D eigenvalue weighted by Gasteiger charge is 2.41. The van der Waals surface area contributed by atoms with Crippen LogP contribution in [0.2, 0.25) is 0 Å². The van der Waals surface area contributed by atoms with Crippen molar-refractivity contribution in [2.75, 3.05) is 5.32 Å². The SMILES string of the molecule is CC(C)Oc1nccc2c1C(c1ccccc1C(F)(F)F)c1c(ccnc1OC(C)C)N2. The van der Waals surface area contributed by atoms with Crippen LogP contribution in [0.15, 0.2) is 48.8 Å². The van der Waals surface area contributed by atoms with Gasteiger partial charge >= 0.3 is 6.18 Å². The molecule has 168 valence electrons. The number of anilines is 2. The minimum atomic E-state index is -4.54. The van der Waals surface area contributed by atoms with E-state index >= 15 is 0 Å². The molecule has 1 aliphatic heterocycles. The standard InChI is InChI=1S/C24H24F3N3O2/c1-13(2)31-22-20-17(9-11-28-22)30-18-10-12-29-23(32-14(3)4)21(18)19(20)15-7-5-6-8-16(15)24(25,26)27/h5-14,19,30H,1-4H3. The average Bonchev–Trinajstić information content (AvgIpc) is 2.71. The van der Waals surface area contributed by atoms with E-state index in [-0.39, 0.29) is 29.5 Å². The number of aromatic nitrogens is 2. The summed E-state index contributed by atoms with van der Waals surface area (Å²) in [6.07, 6.45) is -1.81. The van der Waals surface area contributed by atoms with Crippen molar-refractivity contribution in [1.29, 1.82) is 0 Å². The van der Waals surface area contributed by atoms with E-state index in [2.05, 4.69) is 15.3 Å². The van der Waals surface area contributed by atoms with Gasteiger partial charge in [0.15, 0.2) is 0 Å². The molecule has 2 aromatic heterocycles. The van der Waals surface area contributed by atoms with Gasteiger partial charge in [0, 0.05) is 40.8 Å². The third-order valence-electron chi connectivity index (χ3n) is 5.03. The lowest BCUT2D eigenvalue weighted by atomic mass is 9.79. The Labute approximate surface area is 184 Å². The molecule has 3 heterocycles.